The number of rotatable bonds is 1. The molecule has 3 N–H and O–H groups in total. The standard InChI is InChI=1S/C9H6BrFN2O/c10-5-1-2-6(11)8-7(5)4(3-13-8)9(12)14/h1-3,13H,(H2,12,14). The van der Waals surface area contributed by atoms with Crippen LogP contribution in [0.1, 0.15) is 10.4 Å². The third kappa shape index (κ3) is 1.21. The number of nitrogens with two attached hydrogens (primary N) is 1. The van der Waals surface area contributed by atoms with Gasteiger partial charge in [-0.3, -0.25) is 4.79 Å². The lowest BCUT2D eigenvalue weighted by Crippen LogP contribution is -2.10. The minimum Gasteiger partial charge on any atom is -0.366 e. The number of hydrogen-bond donors (Lipinski definition) is 2. The van der Waals surface area contributed by atoms with E-state index >= 15 is 0 Å². The molecule has 0 aliphatic carbocycles. The zero-order valence-corrected chi connectivity index (χ0v) is 8.56. The highest BCUT2D eigenvalue weighted by Gasteiger charge is 2.14. The van der Waals surface area contributed by atoms with Crippen molar-refractivity contribution in [2.24, 2.45) is 5.73 Å². The molecule has 1 heterocycles. The first-order valence-electron chi connectivity index (χ1n) is 3.86. The van der Waals surface area contributed by atoms with Gasteiger partial charge in [0.15, 0.2) is 0 Å². The molecule has 0 bridgehead atoms. The summed E-state index contributed by atoms with van der Waals surface area (Å²) < 4.78 is 13.9. The quantitative estimate of drug-likeness (QED) is 0.808. The summed E-state index contributed by atoms with van der Waals surface area (Å²) in [6.45, 7) is 0. The van der Waals surface area contributed by atoms with Gasteiger partial charge in [-0.1, -0.05) is 15.9 Å². The van der Waals surface area contributed by atoms with Crippen LogP contribution < -0.4 is 5.73 Å². The van der Waals surface area contributed by atoms with Crippen molar-refractivity contribution >= 4 is 32.7 Å². The number of benzene rings is 1. The molecule has 0 aliphatic heterocycles. The van der Waals surface area contributed by atoms with Gasteiger partial charge in [0.2, 0.25) is 0 Å². The van der Waals surface area contributed by atoms with Crippen LogP contribution in [0.5, 0.6) is 0 Å². The van der Waals surface area contributed by atoms with Gasteiger partial charge in [-0.2, -0.15) is 0 Å². The van der Waals surface area contributed by atoms with Gasteiger partial charge in [0.25, 0.3) is 5.91 Å². The van der Waals surface area contributed by atoms with Crippen LogP contribution in [0.25, 0.3) is 10.9 Å². The number of aromatic amines is 1. The molecule has 72 valence electrons. The summed E-state index contributed by atoms with van der Waals surface area (Å²) in [6.07, 6.45) is 1.40. The molecule has 2 rings (SSSR count). The molecule has 0 radical (unpaired) electrons. The Morgan fingerprint density at radius 1 is 1.50 bits per heavy atom. The highest BCUT2D eigenvalue weighted by molar-refractivity contribution is 9.10. The summed E-state index contributed by atoms with van der Waals surface area (Å²) in [4.78, 5) is 13.7. The maximum absolute atomic E-state index is 13.2. The van der Waals surface area contributed by atoms with Crippen molar-refractivity contribution in [1.29, 1.82) is 0 Å². The van der Waals surface area contributed by atoms with E-state index in [4.69, 9.17) is 5.73 Å². The first kappa shape index (κ1) is 9.21. The van der Waals surface area contributed by atoms with E-state index in [1.54, 1.807) is 0 Å². The fraction of sp³-hybridized carbons (Fsp3) is 0. The fourth-order valence-corrected chi connectivity index (χ4v) is 1.91. The van der Waals surface area contributed by atoms with Crippen molar-refractivity contribution in [2.45, 2.75) is 0 Å². The first-order valence-corrected chi connectivity index (χ1v) is 4.65. The Bertz CT molecular complexity index is 521. The zero-order chi connectivity index (χ0) is 10.3. The normalized spacial score (nSPS) is 10.7. The first-order chi connectivity index (χ1) is 6.61. The van der Waals surface area contributed by atoms with Gasteiger partial charge < -0.3 is 10.7 Å². The van der Waals surface area contributed by atoms with Crippen LogP contribution >= 0.6 is 15.9 Å². The van der Waals surface area contributed by atoms with Gasteiger partial charge in [-0.15, -0.1) is 0 Å². The maximum Gasteiger partial charge on any atom is 0.250 e. The lowest BCUT2D eigenvalue weighted by molar-refractivity contribution is 0.100. The summed E-state index contributed by atoms with van der Waals surface area (Å²) in [5.41, 5.74) is 5.71. The highest BCUT2D eigenvalue weighted by atomic mass is 79.9. The lowest BCUT2D eigenvalue weighted by atomic mass is 10.1. The predicted octanol–water partition coefficient (Wildman–Crippen LogP) is 2.17. The Labute approximate surface area is 87.2 Å². The van der Waals surface area contributed by atoms with Gasteiger partial charge in [-0.05, 0) is 12.1 Å². The molecule has 1 aromatic carbocycles. The molecule has 1 aromatic heterocycles. The Hall–Kier alpha value is -1.36. The van der Waals surface area contributed by atoms with E-state index in [0.29, 0.717) is 9.86 Å². The average molecular weight is 257 g/mol. The number of carbonyl (C=O) groups is 1. The Kier molecular flexibility index (Phi) is 2.03. The van der Waals surface area contributed by atoms with Crippen LogP contribution in [0.3, 0.4) is 0 Å². The minimum atomic E-state index is -0.581. The molecule has 0 atom stereocenters. The topological polar surface area (TPSA) is 58.9 Å². The third-order valence-corrected chi connectivity index (χ3v) is 2.66. The monoisotopic (exact) mass is 256 g/mol. The Morgan fingerprint density at radius 3 is 2.86 bits per heavy atom. The summed E-state index contributed by atoms with van der Waals surface area (Å²) in [6, 6.07) is 2.85. The number of H-pyrrole nitrogens is 1. The molecule has 0 aliphatic rings. The summed E-state index contributed by atoms with van der Waals surface area (Å²) >= 11 is 3.23. The second kappa shape index (κ2) is 3.09. The van der Waals surface area contributed by atoms with E-state index in [1.165, 1.54) is 18.3 Å². The molecular weight excluding hydrogens is 251 g/mol. The van der Waals surface area contributed by atoms with Crippen LogP contribution in [0.4, 0.5) is 4.39 Å². The second-order valence-electron chi connectivity index (χ2n) is 2.85. The van der Waals surface area contributed by atoms with Gasteiger partial charge in [0.1, 0.15) is 5.82 Å². The van der Waals surface area contributed by atoms with Gasteiger partial charge in [0.05, 0.1) is 11.1 Å². The molecule has 14 heavy (non-hydrogen) atoms. The Morgan fingerprint density at radius 2 is 2.21 bits per heavy atom. The molecule has 1 amide bonds. The second-order valence-corrected chi connectivity index (χ2v) is 3.70. The van der Waals surface area contributed by atoms with E-state index in [-0.39, 0.29) is 11.1 Å². The largest absolute Gasteiger partial charge is 0.366 e. The van der Waals surface area contributed by atoms with E-state index in [2.05, 4.69) is 20.9 Å². The molecular formula is C9H6BrFN2O. The number of primary amides is 1. The van der Waals surface area contributed by atoms with Crippen molar-refractivity contribution in [3.63, 3.8) is 0 Å². The molecule has 0 spiro atoms. The third-order valence-electron chi connectivity index (χ3n) is 2.00. The highest BCUT2D eigenvalue weighted by Crippen LogP contribution is 2.28. The molecule has 3 nitrogen and oxygen atoms in total. The lowest BCUT2D eigenvalue weighted by Gasteiger charge is -1.97. The summed E-state index contributed by atoms with van der Waals surface area (Å²) in [5, 5.41) is 0.484. The van der Waals surface area contributed by atoms with Crippen molar-refractivity contribution in [3.05, 3.63) is 34.2 Å². The van der Waals surface area contributed by atoms with Crippen LogP contribution in [0.2, 0.25) is 0 Å². The zero-order valence-electron chi connectivity index (χ0n) is 6.97. The van der Waals surface area contributed by atoms with Crippen molar-refractivity contribution < 1.29 is 9.18 Å². The van der Waals surface area contributed by atoms with Crippen molar-refractivity contribution in [1.82, 2.24) is 4.98 Å². The average Bonchev–Trinajstić information content (AvgIpc) is 2.56. The number of halogens is 2. The van der Waals surface area contributed by atoms with Gasteiger partial charge in [0, 0.05) is 16.1 Å². The molecule has 0 fully saturated rings. The number of fused-ring (bicyclic) bond motifs is 1. The van der Waals surface area contributed by atoms with E-state index in [9.17, 15) is 9.18 Å². The van der Waals surface area contributed by atoms with Crippen LogP contribution in [0.15, 0.2) is 22.8 Å². The van der Waals surface area contributed by atoms with Gasteiger partial charge in [-0.25, -0.2) is 4.39 Å². The summed E-state index contributed by atoms with van der Waals surface area (Å²) in [7, 11) is 0. The van der Waals surface area contributed by atoms with Crippen LogP contribution in [0, 0.1) is 5.82 Å². The Balaban J connectivity index is 2.90. The molecule has 0 saturated heterocycles. The number of carbonyl (C=O) groups excluding carboxylic acids is 1. The summed E-state index contributed by atoms with van der Waals surface area (Å²) in [5.74, 6) is -0.988. The number of amides is 1. The molecule has 0 unspecified atom stereocenters. The smallest absolute Gasteiger partial charge is 0.250 e. The molecule has 5 heteroatoms. The maximum atomic E-state index is 13.2. The van der Waals surface area contributed by atoms with Gasteiger partial charge >= 0.3 is 0 Å². The van der Waals surface area contributed by atoms with Crippen molar-refractivity contribution in [3.8, 4) is 0 Å². The van der Waals surface area contributed by atoms with Crippen LogP contribution in [-0.4, -0.2) is 10.9 Å². The molecule has 0 saturated carbocycles. The van der Waals surface area contributed by atoms with E-state index < -0.39 is 11.7 Å². The number of aromatic nitrogens is 1. The van der Waals surface area contributed by atoms with E-state index in [1.807, 2.05) is 0 Å². The number of hydrogen-bond acceptors (Lipinski definition) is 1. The van der Waals surface area contributed by atoms with Crippen molar-refractivity contribution in [2.75, 3.05) is 0 Å². The SMILES string of the molecule is NC(=O)c1c[nH]c2c(F)ccc(Br)c12. The minimum absolute atomic E-state index is 0.284. The van der Waals surface area contributed by atoms with Crippen LogP contribution in [-0.2, 0) is 0 Å². The molecule has 2 aromatic rings. The number of nitrogens with one attached hydrogen (secondary N) is 1. The van der Waals surface area contributed by atoms with E-state index in [0.717, 1.165) is 0 Å². The fourth-order valence-electron chi connectivity index (χ4n) is 1.37. The predicted molar refractivity (Wildman–Crippen MR) is 54.5 cm³/mol.